The van der Waals surface area contributed by atoms with E-state index in [4.69, 9.17) is 0 Å². The van der Waals surface area contributed by atoms with Gasteiger partial charge in [0, 0.05) is 24.2 Å². The van der Waals surface area contributed by atoms with E-state index in [1.807, 2.05) is 0 Å². The topological polar surface area (TPSA) is 4.93 Å². The quantitative estimate of drug-likeness (QED) is 0.214. The van der Waals surface area contributed by atoms with Gasteiger partial charge in [-0.1, -0.05) is 64.5 Å². The number of benzene rings is 4. The highest BCUT2D eigenvalue weighted by molar-refractivity contribution is 14.1. The van der Waals surface area contributed by atoms with E-state index in [-0.39, 0.29) is 0 Å². The average molecular weight is 498 g/mol. The first-order valence-electron chi connectivity index (χ1n) is 8.10. The Morgan fingerprint density at radius 3 is 2.36 bits per heavy atom. The molecule has 0 N–H and O–H groups in total. The van der Waals surface area contributed by atoms with Crippen molar-refractivity contribution in [2.24, 2.45) is 0 Å². The van der Waals surface area contributed by atoms with Crippen LogP contribution >= 0.6 is 38.5 Å². The molecular weight excluding hydrogens is 485 g/mol. The molecule has 5 aromatic rings. The van der Waals surface area contributed by atoms with E-state index in [0.29, 0.717) is 0 Å². The lowest BCUT2D eigenvalue weighted by Crippen LogP contribution is -1.97. The minimum atomic E-state index is 1.11. The van der Waals surface area contributed by atoms with Gasteiger partial charge >= 0.3 is 0 Å². The van der Waals surface area contributed by atoms with E-state index in [0.717, 1.165) is 4.47 Å². The fourth-order valence-electron chi connectivity index (χ4n) is 3.64. The third-order valence-corrected chi connectivity index (χ3v) is 6.11. The third kappa shape index (κ3) is 2.33. The van der Waals surface area contributed by atoms with E-state index in [1.165, 1.54) is 41.8 Å². The second-order valence-electron chi connectivity index (χ2n) is 6.13. The van der Waals surface area contributed by atoms with Gasteiger partial charge in [0.15, 0.2) is 0 Å². The molecule has 0 aliphatic carbocycles. The number of fused-ring (bicyclic) bond motifs is 5. The molecule has 1 aromatic heterocycles. The van der Waals surface area contributed by atoms with Gasteiger partial charge in [-0.05, 0) is 58.3 Å². The van der Waals surface area contributed by atoms with Crippen LogP contribution < -0.4 is 0 Å². The Morgan fingerprint density at radius 2 is 1.48 bits per heavy atom. The Balaban J connectivity index is 2.08. The highest BCUT2D eigenvalue weighted by atomic mass is 127. The third-order valence-electron chi connectivity index (χ3n) is 4.71. The summed E-state index contributed by atoms with van der Waals surface area (Å²) in [4.78, 5) is 0. The summed E-state index contributed by atoms with van der Waals surface area (Å²) < 4.78 is 4.76. The van der Waals surface area contributed by atoms with Crippen LogP contribution in [0, 0.1) is 3.57 Å². The summed E-state index contributed by atoms with van der Waals surface area (Å²) in [6, 6.07) is 28.2. The minimum absolute atomic E-state index is 1.11. The fraction of sp³-hybridized carbons (Fsp3) is 0. The predicted octanol–water partition coefficient (Wildman–Crippen LogP) is 7.30. The molecule has 0 unspecified atom stereocenters. The molecule has 0 spiro atoms. The summed E-state index contributed by atoms with van der Waals surface area (Å²) in [5.41, 5.74) is 3.75. The molecule has 0 fully saturated rings. The molecule has 4 aromatic carbocycles. The molecule has 120 valence electrons. The SMILES string of the molecule is Brc1ccc2c(ccc3c4ccccc4n(-c4ccccc4I)c23)c1. The highest BCUT2D eigenvalue weighted by Gasteiger charge is 2.15. The Kier molecular flexibility index (Phi) is 3.61. The van der Waals surface area contributed by atoms with E-state index >= 15 is 0 Å². The Labute approximate surface area is 167 Å². The molecule has 0 aliphatic heterocycles. The molecule has 1 heterocycles. The molecule has 25 heavy (non-hydrogen) atoms. The van der Waals surface area contributed by atoms with Crippen molar-refractivity contribution in [1.29, 1.82) is 0 Å². The van der Waals surface area contributed by atoms with E-state index < -0.39 is 0 Å². The predicted molar refractivity (Wildman–Crippen MR) is 119 cm³/mol. The minimum Gasteiger partial charge on any atom is -0.308 e. The number of aromatic nitrogens is 1. The summed E-state index contributed by atoms with van der Waals surface area (Å²) in [7, 11) is 0. The van der Waals surface area contributed by atoms with E-state index in [1.54, 1.807) is 0 Å². The van der Waals surface area contributed by atoms with Crippen LogP contribution in [0.15, 0.2) is 83.3 Å². The van der Waals surface area contributed by atoms with Gasteiger partial charge in [-0.25, -0.2) is 0 Å². The highest BCUT2D eigenvalue weighted by Crippen LogP contribution is 2.37. The zero-order valence-corrected chi connectivity index (χ0v) is 17.0. The van der Waals surface area contributed by atoms with Gasteiger partial charge in [0.05, 0.1) is 16.7 Å². The van der Waals surface area contributed by atoms with Gasteiger partial charge in [-0.2, -0.15) is 0 Å². The van der Waals surface area contributed by atoms with Gasteiger partial charge in [0.25, 0.3) is 0 Å². The van der Waals surface area contributed by atoms with Crippen LogP contribution in [0.5, 0.6) is 0 Å². The maximum Gasteiger partial charge on any atom is 0.0619 e. The molecule has 1 nitrogen and oxygen atoms in total. The first kappa shape index (κ1) is 15.4. The largest absolute Gasteiger partial charge is 0.308 e. The van der Waals surface area contributed by atoms with Gasteiger partial charge in [-0.3, -0.25) is 0 Å². The van der Waals surface area contributed by atoms with Gasteiger partial charge in [0.1, 0.15) is 0 Å². The monoisotopic (exact) mass is 497 g/mol. The molecule has 5 rings (SSSR count). The van der Waals surface area contributed by atoms with Crippen LogP contribution in [0.1, 0.15) is 0 Å². The number of hydrogen-bond donors (Lipinski definition) is 0. The molecular formula is C22H13BrIN. The maximum absolute atomic E-state index is 3.60. The van der Waals surface area contributed by atoms with Crippen molar-refractivity contribution in [2.45, 2.75) is 0 Å². The van der Waals surface area contributed by atoms with Crippen LogP contribution in [0.25, 0.3) is 38.3 Å². The molecule has 3 heteroatoms. The lowest BCUT2D eigenvalue weighted by molar-refractivity contribution is 1.17. The van der Waals surface area contributed by atoms with Crippen molar-refractivity contribution >= 4 is 71.1 Å². The zero-order valence-electron chi connectivity index (χ0n) is 13.2. The summed E-state index contributed by atoms with van der Waals surface area (Å²) in [6.45, 7) is 0. The molecule has 0 saturated heterocycles. The lowest BCUT2D eigenvalue weighted by Gasteiger charge is -2.11. The number of nitrogens with zero attached hydrogens (tertiary/aromatic N) is 1. The smallest absolute Gasteiger partial charge is 0.0619 e. The Bertz CT molecular complexity index is 1270. The van der Waals surface area contributed by atoms with Crippen LogP contribution in [0.2, 0.25) is 0 Å². The standard InChI is InChI=1S/C22H13BrIN/c23-15-10-12-16-14(13-15)9-11-18-17-5-1-3-7-20(17)25(22(16)18)21-8-4-2-6-19(21)24/h1-13H. The van der Waals surface area contributed by atoms with Gasteiger partial charge < -0.3 is 4.57 Å². The molecule has 0 amide bonds. The van der Waals surface area contributed by atoms with Crippen molar-refractivity contribution in [3.8, 4) is 5.69 Å². The van der Waals surface area contributed by atoms with Crippen molar-refractivity contribution in [2.75, 3.05) is 0 Å². The fourth-order valence-corrected chi connectivity index (χ4v) is 4.65. The second-order valence-corrected chi connectivity index (χ2v) is 8.21. The van der Waals surface area contributed by atoms with Crippen LogP contribution in [0.4, 0.5) is 0 Å². The molecule has 0 bridgehead atoms. The van der Waals surface area contributed by atoms with Crippen LogP contribution in [-0.4, -0.2) is 4.57 Å². The summed E-state index contributed by atoms with van der Waals surface area (Å²) >= 11 is 6.03. The number of rotatable bonds is 1. The van der Waals surface area contributed by atoms with Crippen LogP contribution in [0.3, 0.4) is 0 Å². The van der Waals surface area contributed by atoms with Crippen molar-refractivity contribution in [3.05, 3.63) is 86.9 Å². The number of hydrogen-bond acceptors (Lipinski definition) is 0. The van der Waals surface area contributed by atoms with Crippen LogP contribution in [-0.2, 0) is 0 Å². The Morgan fingerprint density at radius 1 is 0.720 bits per heavy atom. The first-order valence-corrected chi connectivity index (χ1v) is 9.97. The molecule has 0 saturated carbocycles. The summed E-state index contributed by atoms with van der Waals surface area (Å²) in [5.74, 6) is 0. The van der Waals surface area contributed by atoms with Gasteiger partial charge in [-0.15, -0.1) is 0 Å². The molecule has 0 atom stereocenters. The normalized spacial score (nSPS) is 11.6. The average Bonchev–Trinajstić information content (AvgIpc) is 2.96. The maximum atomic E-state index is 3.60. The van der Waals surface area contributed by atoms with E-state index in [2.05, 4.69) is 122 Å². The number of halogens is 2. The summed E-state index contributed by atoms with van der Waals surface area (Å²) in [5, 5.41) is 5.11. The summed E-state index contributed by atoms with van der Waals surface area (Å²) in [6.07, 6.45) is 0. The lowest BCUT2D eigenvalue weighted by atomic mass is 10.1. The molecule has 0 aliphatic rings. The Hall–Kier alpha value is -1.85. The second kappa shape index (κ2) is 5.85. The van der Waals surface area contributed by atoms with E-state index in [9.17, 15) is 0 Å². The molecule has 0 radical (unpaired) electrons. The first-order chi connectivity index (χ1) is 12.2. The van der Waals surface area contributed by atoms with Crippen molar-refractivity contribution < 1.29 is 0 Å². The van der Waals surface area contributed by atoms with Crippen molar-refractivity contribution in [1.82, 2.24) is 4.57 Å². The number of para-hydroxylation sites is 2. The zero-order chi connectivity index (χ0) is 17.0. The van der Waals surface area contributed by atoms with Crippen molar-refractivity contribution in [3.63, 3.8) is 0 Å². The van der Waals surface area contributed by atoms with Gasteiger partial charge in [0.2, 0.25) is 0 Å².